The van der Waals surface area contributed by atoms with Crippen molar-refractivity contribution in [1.29, 1.82) is 0 Å². The first-order valence-corrected chi connectivity index (χ1v) is 7.48. The maximum absolute atomic E-state index is 13.5. The van der Waals surface area contributed by atoms with Gasteiger partial charge in [0.15, 0.2) is 0 Å². The molecule has 1 aromatic rings. The summed E-state index contributed by atoms with van der Waals surface area (Å²) in [5.74, 6) is -3.35. The van der Waals surface area contributed by atoms with E-state index in [2.05, 4.69) is 9.99 Å². The lowest BCUT2D eigenvalue weighted by Crippen LogP contribution is -2.31. The van der Waals surface area contributed by atoms with E-state index in [0.29, 0.717) is 12.1 Å². The minimum atomic E-state index is -1.22. The van der Waals surface area contributed by atoms with E-state index in [9.17, 15) is 18.4 Å². The van der Waals surface area contributed by atoms with Crippen LogP contribution in [-0.2, 0) is 4.84 Å². The van der Waals surface area contributed by atoms with E-state index in [1.54, 1.807) is 5.32 Å². The van der Waals surface area contributed by atoms with Gasteiger partial charge in [0.25, 0.3) is 5.91 Å². The average Bonchev–Trinajstić information content (AvgIpc) is 3.01. The summed E-state index contributed by atoms with van der Waals surface area (Å²) < 4.78 is 27.0. The molecule has 2 aliphatic carbocycles. The fourth-order valence-electron chi connectivity index (χ4n) is 2.77. The zero-order chi connectivity index (χ0) is 17.1. The monoisotopic (exact) mass is 332 g/mol. The van der Waals surface area contributed by atoms with E-state index in [-0.39, 0.29) is 0 Å². The Balaban J connectivity index is 1.66. The van der Waals surface area contributed by atoms with Crippen LogP contribution in [0.15, 0.2) is 46.7 Å². The highest BCUT2D eigenvalue weighted by atomic mass is 19.1. The second kappa shape index (κ2) is 6.74. The summed E-state index contributed by atoms with van der Waals surface area (Å²) in [6.45, 7) is 0. The maximum atomic E-state index is 13.5. The smallest absolute Gasteiger partial charge is 0.297 e. The molecule has 2 aliphatic rings. The predicted octanol–water partition coefficient (Wildman–Crippen LogP) is 3.63. The van der Waals surface area contributed by atoms with Gasteiger partial charge in [-0.25, -0.2) is 13.6 Å². The van der Waals surface area contributed by atoms with Gasteiger partial charge in [0.2, 0.25) is 0 Å². The number of nitrogens with zero attached hydrogens (tertiary/aromatic N) is 1. The number of nitrogens with one attached hydrogen (secondary N) is 1. The number of halogens is 2. The van der Waals surface area contributed by atoms with Crippen molar-refractivity contribution in [3.63, 3.8) is 0 Å². The average molecular weight is 332 g/mol. The number of imide groups is 1. The quantitative estimate of drug-likeness (QED) is 0.664. The molecule has 3 rings (SSSR count). The Hall–Kier alpha value is -2.83. The highest BCUT2D eigenvalue weighted by molar-refractivity contribution is 6.05. The van der Waals surface area contributed by atoms with Crippen LogP contribution < -0.4 is 5.32 Å². The zero-order valence-electron chi connectivity index (χ0n) is 12.6. The Labute approximate surface area is 136 Å². The Morgan fingerprint density at radius 1 is 1.17 bits per heavy atom. The van der Waals surface area contributed by atoms with E-state index in [4.69, 9.17) is 0 Å². The summed E-state index contributed by atoms with van der Waals surface area (Å²) in [7, 11) is 0. The lowest BCUT2D eigenvalue weighted by Gasteiger charge is -2.15. The van der Waals surface area contributed by atoms with E-state index >= 15 is 0 Å². The Kier molecular flexibility index (Phi) is 4.50. The van der Waals surface area contributed by atoms with Crippen molar-refractivity contribution in [3.8, 4) is 0 Å². The van der Waals surface area contributed by atoms with Crippen molar-refractivity contribution < 1.29 is 23.2 Å². The van der Waals surface area contributed by atoms with Crippen LogP contribution in [-0.4, -0.2) is 17.7 Å². The van der Waals surface area contributed by atoms with Crippen LogP contribution in [0.2, 0.25) is 0 Å². The molecule has 0 radical (unpaired) electrons. The van der Waals surface area contributed by atoms with Gasteiger partial charge >= 0.3 is 6.09 Å². The van der Waals surface area contributed by atoms with Crippen LogP contribution >= 0.6 is 0 Å². The molecule has 0 unspecified atom stereocenters. The molecule has 1 aromatic carbocycles. The maximum Gasteiger partial charge on any atom is 0.440 e. The molecule has 0 fully saturated rings. The van der Waals surface area contributed by atoms with Gasteiger partial charge in [-0.1, -0.05) is 28.9 Å². The predicted molar refractivity (Wildman–Crippen MR) is 82.4 cm³/mol. The van der Waals surface area contributed by atoms with Crippen molar-refractivity contribution in [2.75, 3.05) is 0 Å². The molecule has 0 spiro atoms. The zero-order valence-corrected chi connectivity index (χ0v) is 12.6. The normalized spacial score (nSPS) is 17.8. The Morgan fingerprint density at radius 2 is 1.92 bits per heavy atom. The number of carbonyl (C=O) groups excluding carboxylic acids is 2. The summed E-state index contributed by atoms with van der Waals surface area (Å²) in [6.07, 6.45) is 6.16. The lowest BCUT2D eigenvalue weighted by molar-refractivity contribution is 0.0915. The molecule has 0 bridgehead atoms. The third kappa shape index (κ3) is 3.24. The summed E-state index contributed by atoms with van der Waals surface area (Å²) in [6, 6.07) is 2.97. The first kappa shape index (κ1) is 16.0. The fraction of sp³-hybridized carbons (Fsp3) is 0.235. The van der Waals surface area contributed by atoms with Gasteiger partial charge in [-0.3, -0.25) is 14.9 Å². The van der Waals surface area contributed by atoms with E-state index in [1.165, 1.54) is 5.57 Å². The summed E-state index contributed by atoms with van der Waals surface area (Å²) in [4.78, 5) is 28.1. The van der Waals surface area contributed by atoms with Crippen LogP contribution in [0.5, 0.6) is 0 Å². The molecule has 24 heavy (non-hydrogen) atoms. The SMILES string of the molecule is O=C(NC(=O)c1c(F)cccc1F)O/N=C1/CCCC2=C1C=CC2. The number of benzene rings is 1. The minimum absolute atomic E-state index is 0.629. The Morgan fingerprint density at radius 3 is 2.67 bits per heavy atom. The van der Waals surface area contributed by atoms with Crippen molar-refractivity contribution in [1.82, 2.24) is 5.32 Å². The molecule has 0 aliphatic heterocycles. The second-order valence-electron chi connectivity index (χ2n) is 5.44. The van der Waals surface area contributed by atoms with Gasteiger partial charge < -0.3 is 0 Å². The highest BCUT2D eigenvalue weighted by Crippen LogP contribution is 2.30. The number of amides is 2. The fourth-order valence-corrected chi connectivity index (χ4v) is 2.77. The third-order valence-electron chi connectivity index (χ3n) is 3.88. The molecule has 124 valence electrons. The molecule has 0 saturated carbocycles. The lowest BCUT2D eigenvalue weighted by atomic mass is 9.92. The Bertz CT molecular complexity index is 777. The van der Waals surface area contributed by atoms with Gasteiger partial charge in [0.05, 0.1) is 5.71 Å². The van der Waals surface area contributed by atoms with Gasteiger partial charge in [-0.2, -0.15) is 0 Å². The molecule has 0 aromatic heterocycles. The van der Waals surface area contributed by atoms with Gasteiger partial charge in [-0.05, 0) is 43.4 Å². The number of carbonyl (C=O) groups is 2. The number of oxime groups is 1. The summed E-state index contributed by atoms with van der Waals surface area (Å²) in [5.41, 5.74) is 1.99. The first-order valence-electron chi connectivity index (χ1n) is 7.48. The molecule has 7 heteroatoms. The minimum Gasteiger partial charge on any atom is -0.297 e. The van der Waals surface area contributed by atoms with Crippen LogP contribution in [0.1, 0.15) is 36.0 Å². The van der Waals surface area contributed by atoms with Gasteiger partial charge in [0.1, 0.15) is 17.2 Å². The molecule has 1 N–H and O–H groups in total. The molecular formula is C17H14F2N2O3. The summed E-state index contributed by atoms with van der Waals surface area (Å²) in [5, 5.41) is 5.53. The number of allylic oxidation sites excluding steroid dienone is 4. The number of hydrogen-bond donors (Lipinski definition) is 1. The standard InChI is InChI=1S/C17H14F2N2O3/c18-12-7-3-8-13(19)15(12)16(22)20-17(23)24-21-14-9-2-5-10-4-1-6-11(10)14/h1,3,6-8H,2,4-5,9H2,(H,20,22,23)/b21-14-. The number of hydrogen-bond acceptors (Lipinski definition) is 4. The van der Waals surface area contributed by atoms with Crippen molar-refractivity contribution in [2.24, 2.45) is 5.16 Å². The van der Waals surface area contributed by atoms with Crippen LogP contribution in [0, 0.1) is 11.6 Å². The first-order chi connectivity index (χ1) is 11.6. The van der Waals surface area contributed by atoms with Crippen LogP contribution in [0.3, 0.4) is 0 Å². The van der Waals surface area contributed by atoms with Crippen LogP contribution in [0.25, 0.3) is 0 Å². The molecular weight excluding hydrogens is 318 g/mol. The largest absolute Gasteiger partial charge is 0.440 e. The second-order valence-corrected chi connectivity index (χ2v) is 5.44. The molecule has 0 heterocycles. The third-order valence-corrected chi connectivity index (χ3v) is 3.88. The highest BCUT2D eigenvalue weighted by Gasteiger charge is 2.22. The molecule has 0 saturated heterocycles. The van der Waals surface area contributed by atoms with Crippen LogP contribution in [0.4, 0.5) is 13.6 Å². The number of rotatable bonds is 2. The van der Waals surface area contributed by atoms with Crippen molar-refractivity contribution in [3.05, 3.63) is 58.7 Å². The van der Waals surface area contributed by atoms with Gasteiger partial charge in [-0.15, -0.1) is 0 Å². The molecule has 2 amide bonds. The van der Waals surface area contributed by atoms with E-state index in [0.717, 1.165) is 43.0 Å². The van der Waals surface area contributed by atoms with Crippen molar-refractivity contribution >= 4 is 17.7 Å². The summed E-state index contributed by atoms with van der Waals surface area (Å²) >= 11 is 0. The van der Waals surface area contributed by atoms with E-state index < -0.39 is 29.2 Å². The molecule has 0 atom stereocenters. The van der Waals surface area contributed by atoms with E-state index in [1.807, 2.05) is 12.2 Å². The van der Waals surface area contributed by atoms with Crippen molar-refractivity contribution in [2.45, 2.75) is 25.7 Å². The van der Waals surface area contributed by atoms with Gasteiger partial charge in [0, 0.05) is 0 Å². The topological polar surface area (TPSA) is 67.8 Å². The molecule has 5 nitrogen and oxygen atoms in total.